The minimum Gasteiger partial charge on any atom is -0.497 e. The molecule has 0 spiro atoms. The summed E-state index contributed by atoms with van der Waals surface area (Å²) in [7, 11) is 3.72. The summed E-state index contributed by atoms with van der Waals surface area (Å²) >= 11 is 0. The third kappa shape index (κ3) is 5.02. The van der Waals surface area contributed by atoms with Crippen LogP contribution >= 0.6 is 0 Å². The summed E-state index contributed by atoms with van der Waals surface area (Å²) in [5.41, 5.74) is 2.48. The van der Waals surface area contributed by atoms with Gasteiger partial charge in [-0.1, -0.05) is 12.1 Å². The molecule has 4 rings (SSSR count). The highest BCUT2D eigenvalue weighted by atomic mass is 16.5. The van der Waals surface area contributed by atoms with E-state index in [-0.39, 0.29) is 12.0 Å². The third-order valence-corrected chi connectivity index (χ3v) is 6.51. The van der Waals surface area contributed by atoms with Crippen LogP contribution in [-0.2, 0) is 17.8 Å². The Morgan fingerprint density at radius 3 is 2.66 bits per heavy atom. The molecule has 29 heavy (non-hydrogen) atoms. The fourth-order valence-corrected chi connectivity index (χ4v) is 4.58. The van der Waals surface area contributed by atoms with Crippen LogP contribution in [0.2, 0.25) is 0 Å². The van der Waals surface area contributed by atoms with Crippen molar-refractivity contribution >= 4 is 5.91 Å². The Labute approximate surface area is 173 Å². The van der Waals surface area contributed by atoms with Crippen molar-refractivity contribution in [2.24, 2.45) is 11.8 Å². The molecule has 1 atom stereocenters. The molecule has 156 valence electrons. The Hall–Kier alpha value is -2.27. The van der Waals surface area contributed by atoms with E-state index in [0.717, 1.165) is 57.5 Å². The minimum absolute atomic E-state index is 0.242. The molecular formula is C24H32N2O3. The summed E-state index contributed by atoms with van der Waals surface area (Å²) in [6.45, 7) is 3.08. The van der Waals surface area contributed by atoms with Gasteiger partial charge in [0.25, 0.3) is 0 Å². The Morgan fingerprint density at radius 1 is 1.21 bits per heavy atom. The quantitative estimate of drug-likeness (QED) is 0.677. The molecule has 2 aliphatic rings. The zero-order valence-electron chi connectivity index (χ0n) is 17.5. The molecule has 1 amide bonds. The van der Waals surface area contributed by atoms with Crippen molar-refractivity contribution in [1.29, 1.82) is 0 Å². The molecule has 1 aliphatic heterocycles. The highest BCUT2D eigenvalue weighted by molar-refractivity contribution is 5.81. The van der Waals surface area contributed by atoms with Crippen LogP contribution in [0, 0.1) is 11.8 Å². The van der Waals surface area contributed by atoms with Crippen LogP contribution in [0.5, 0.6) is 5.75 Å². The molecule has 1 saturated carbocycles. The zero-order chi connectivity index (χ0) is 20.2. The fourth-order valence-electron chi connectivity index (χ4n) is 4.58. The van der Waals surface area contributed by atoms with E-state index in [1.165, 1.54) is 11.1 Å². The highest BCUT2D eigenvalue weighted by Gasteiger charge is 2.37. The number of hydrogen-bond donors (Lipinski definition) is 0. The Balaban J connectivity index is 1.44. The van der Waals surface area contributed by atoms with Crippen molar-refractivity contribution in [2.75, 3.05) is 27.2 Å². The molecule has 1 unspecified atom stereocenters. The largest absolute Gasteiger partial charge is 0.497 e. The van der Waals surface area contributed by atoms with E-state index in [0.29, 0.717) is 11.8 Å². The number of methoxy groups -OCH3 is 1. The van der Waals surface area contributed by atoms with Crippen LogP contribution in [0.4, 0.5) is 0 Å². The van der Waals surface area contributed by atoms with Crippen LogP contribution in [-0.4, -0.2) is 49.0 Å². The zero-order valence-corrected chi connectivity index (χ0v) is 17.5. The molecule has 1 aromatic carbocycles. The Morgan fingerprint density at radius 2 is 2.00 bits per heavy atom. The number of likely N-dealkylation sites (N-methyl/N-ethyl adjacent to an activating group) is 1. The molecule has 0 bridgehead atoms. The first-order chi connectivity index (χ1) is 14.1. The number of ether oxygens (including phenoxy) is 1. The van der Waals surface area contributed by atoms with Gasteiger partial charge in [-0.2, -0.15) is 0 Å². The lowest BCUT2D eigenvalue weighted by Gasteiger charge is -2.40. The Bertz CT molecular complexity index is 792. The minimum atomic E-state index is 0.242. The lowest BCUT2D eigenvalue weighted by Crippen LogP contribution is -2.47. The van der Waals surface area contributed by atoms with E-state index in [2.05, 4.69) is 21.9 Å². The van der Waals surface area contributed by atoms with Gasteiger partial charge in [-0.3, -0.25) is 9.69 Å². The molecule has 1 aliphatic carbocycles. The van der Waals surface area contributed by atoms with Gasteiger partial charge in [0.2, 0.25) is 5.91 Å². The second kappa shape index (κ2) is 9.04. The van der Waals surface area contributed by atoms with Gasteiger partial charge in [0.15, 0.2) is 0 Å². The Kier molecular flexibility index (Phi) is 6.24. The number of piperidine rings is 1. The summed E-state index contributed by atoms with van der Waals surface area (Å²) in [6, 6.07) is 10.6. The standard InChI is InChI=1S/C24H32N2O3/c1-25(24(27)21-6-7-21)23(15-18-4-3-5-22(14-18)28-2)20-8-11-26(12-9-20)16-19-10-13-29-17-19/h3-5,10,13-14,17,20-21,23H,6-9,11-12,15-16H2,1-2H3. The van der Waals surface area contributed by atoms with Crippen molar-refractivity contribution in [3.63, 3.8) is 0 Å². The van der Waals surface area contributed by atoms with Gasteiger partial charge in [0, 0.05) is 31.1 Å². The maximum Gasteiger partial charge on any atom is 0.225 e. The smallest absolute Gasteiger partial charge is 0.225 e. The van der Waals surface area contributed by atoms with E-state index in [1.807, 2.05) is 31.5 Å². The summed E-state index contributed by atoms with van der Waals surface area (Å²) in [5.74, 6) is 1.99. The van der Waals surface area contributed by atoms with Gasteiger partial charge in [0.05, 0.1) is 19.6 Å². The SMILES string of the molecule is COc1cccc(CC(C2CCN(Cc3ccoc3)CC2)N(C)C(=O)C2CC2)c1. The van der Waals surface area contributed by atoms with Crippen molar-refractivity contribution in [1.82, 2.24) is 9.80 Å². The molecular weight excluding hydrogens is 364 g/mol. The van der Waals surface area contributed by atoms with Gasteiger partial charge in [0.1, 0.15) is 5.75 Å². The molecule has 2 aromatic rings. The predicted octanol–water partition coefficient (Wildman–Crippen LogP) is 3.98. The summed E-state index contributed by atoms with van der Waals surface area (Å²) < 4.78 is 10.6. The lowest BCUT2D eigenvalue weighted by molar-refractivity contribution is -0.134. The molecule has 0 N–H and O–H groups in total. The number of hydrogen-bond acceptors (Lipinski definition) is 4. The molecule has 2 heterocycles. The maximum atomic E-state index is 12.9. The summed E-state index contributed by atoms with van der Waals surface area (Å²) in [4.78, 5) is 17.4. The second-order valence-electron chi connectivity index (χ2n) is 8.59. The molecule has 2 fully saturated rings. The van der Waals surface area contributed by atoms with Crippen molar-refractivity contribution < 1.29 is 13.9 Å². The molecule has 5 nitrogen and oxygen atoms in total. The average molecular weight is 397 g/mol. The van der Waals surface area contributed by atoms with E-state index in [9.17, 15) is 4.79 Å². The molecule has 0 radical (unpaired) electrons. The van der Waals surface area contributed by atoms with Gasteiger partial charge in [-0.25, -0.2) is 0 Å². The van der Waals surface area contributed by atoms with Gasteiger partial charge < -0.3 is 14.1 Å². The van der Waals surface area contributed by atoms with E-state index < -0.39 is 0 Å². The highest BCUT2D eigenvalue weighted by Crippen LogP contribution is 2.34. The molecule has 1 saturated heterocycles. The number of nitrogens with zero attached hydrogens (tertiary/aromatic N) is 2. The first-order valence-corrected chi connectivity index (χ1v) is 10.8. The van der Waals surface area contributed by atoms with Crippen molar-refractivity contribution in [3.05, 3.63) is 54.0 Å². The van der Waals surface area contributed by atoms with Crippen LogP contribution in [0.1, 0.15) is 36.8 Å². The van der Waals surface area contributed by atoms with Crippen LogP contribution in [0.25, 0.3) is 0 Å². The molecule has 1 aromatic heterocycles. The van der Waals surface area contributed by atoms with Gasteiger partial charge in [-0.15, -0.1) is 0 Å². The summed E-state index contributed by atoms with van der Waals surface area (Å²) in [6.07, 6.45) is 8.81. The number of likely N-dealkylation sites (tertiary alicyclic amines) is 1. The first-order valence-electron chi connectivity index (χ1n) is 10.8. The van der Waals surface area contributed by atoms with Crippen molar-refractivity contribution in [3.8, 4) is 5.75 Å². The third-order valence-electron chi connectivity index (χ3n) is 6.51. The van der Waals surface area contributed by atoms with Gasteiger partial charge >= 0.3 is 0 Å². The summed E-state index contributed by atoms with van der Waals surface area (Å²) in [5, 5.41) is 0. The average Bonchev–Trinajstić information content (AvgIpc) is 3.49. The van der Waals surface area contributed by atoms with Crippen molar-refractivity contribution in [2.45, 2.75) is 44.7 Å². The van der Waals surface area contributed by atoms with Crippen LogP contribution in [0.15, 0.2) is 47.3 Å². The number of carbonyl (C=O) groups is 1. The number of rotatable bonds is 8. The monoisotopic (exact) mass is 396 g/mol. The lowest BCUT2D eigenvalue weighted by atomic mass is 9.84. The maximum absolute atomic E-state index is 12.9. The van der Waals surface area contributed by atoms with Gasteiger partial charge in [-0.05, 0) is 74.9 Å². The number of amides is 1. The van der Waals surface area contributed by atoms with Crippen LogP contribution in [0.3, 0.4) is 0 Å². The van der Waals surface area contributed by atoms with Crippen LogP contribution < -0.4 is 4.74 Å². The van der Waals surface area contributed by atoms with E-state index in [1.54, 1.807) is 13.4 Å². The normalized spacial score (nSPS) is 19.1. The predicted molar refractivity (Wildman–Crippen MR) is 113 cm³/mol. The van der Waals surface area contributed by atoms with E-state index in [4.69, 9.17) is 9.15 Å². The second-order valence-corrected chi connectivity index (χ2v) is 8.59. The number of carbonyl (C=O) groups excluding carboxylic acids is 1. The molecule has 5 heteroatoms. The van der Waals surface area contributed by atoms with E-state index >= 15 is 0 Å². The number of benzene rings is 1. The first kappa shape index (κ1) is 20.0. The topological polar surface area (TPSA) is 45.9 Å². The fraction of sp³-hybridized carbons (Fsp3) is 0.542. The number of furan rings is 1.